The lowest BCUT2D eigenvalue weighted by Gasteiger charge is -2.45. The van der Waals surface area contributed by atoms with Crippen molar-refractivity contribution in [2.75, 3.05) is 27.2 Å². The fraction of sp³-hybridized carbons (Fsp3) is 0.444. The summed E-state index contributed by atoms with van der Waals surface area (Å²) in [5.74, 6) is 0.00363. The highest BCUT2D eigenvalue weighted by atomic mass is 16.5. The molecule has 0 aromatic carbocycles. The van der Waals surface area contributed by atoms with Gasteiger partial charge in [0.1, 0.15) is 11.4 Å². The van der Waals surface area contributed by atoms with Crippen LogP contribution in [0.4, 0.5) is 0 Å². The molecular weight excluding hydrogens is 290 g/mol. The third kappa shape index (κ3) is 2.23. The van der Waals surface area contributed by atoms with Gasteiger partial charge in [-0.1, -0.05) is 0 Å². The van der Waals surface area contributed by atoms with Gasteiger partial charge in [0, 0.05) is 26.4 Å². The fourth-order valence-electron chi connectivity index (χ4n) is 3.84. The number of hydrogen-bond donors (Lipinski definition) is 0. The lowest BCUT2D eigenvalue weighted by atomic mass is 10.0. The van der Waals surface area contributed by atoms with E-state index in [9.17, 15) is 4.79 Å². The van der Waals surface area contributed by atoms with E-state index in [0.29, 0.717) is 16.5 Å². The van der Waals surface area contributed by atoms with Crippen LogP contribution in [0.15, 0.2) is 41.9 Å². The number of ether oxygens (including phenoxy) is 1. The molecule has 0 aliphatic carbocycles. The Morgan fingerprint density at radius 3 is 2.78 bits per heavy atom. The maximum Gasteiger partial charge on any atom is 0.260 e. The van der Waals surface area contributed by atoms with Crippen LogP contribution in [0, 0.1) is 0 Å². The molecule has 2 aliphatic rings. The van der Waals surface area contributed by atoms with Crippen LogP contribution in [0.5, 0.6) is 0 Å². The first-order valence-electron chi connectivity index (χ1n) is 8.12. The van der Waals surface area contributed by atoms with Gasteiger partial charge in [-0.05, 0) is 32.1 Å². The van der Waals surface area contributed by atoms with E-state index < -0.39 is 0 Å². The first-order chi connectivity index (χ1) is 11.1. The largest absolute Gasteiger partial charge is 0.329 e. The first kappa shape index (κ1) is 15.9. The summed E-state index contributed by atoms with van der Waals surface area (Å²) in [7, 11) is 3.59. The lowest BCUT2D eigenvalue weighted by molar-refractivity contribution is -0.930. The number of methoxy groups -OCH3 is 1. The Balaban J connectivity index is 2.22. The van der Waals surface area contributed by atoms with E-state index in [1.807, 2.05) is 25.3 Å². The summed E-state index contributed by atoms with van der Waals surface area (Å²) in [5.41, 5.74) is 3.73. The minimum absolute atomic E-state index is 0.00363. The second-order valence-corrected chi connectivity index (χ2v) is 6.02. The number of carbonyl (C=O) groups excluding carboxylic acids is 1. The Hall–Kier alpha value is -1.98. The number of nitrogens with zero attached hydrogens (tertiary/aromatic N) is 3. The molecule has 1 aromatic heterocycles. The van der Waals surface area contributed by atoms with Gasteiger partial charge in [-0.15, -0.1) is 0 Å². The summed E-state index contributed by atoms with van der Waals surface area (Å²) in [5, 5.41) is 0. The van der Waals surface area contributed by atoms with E-state index in [1.165, 1.54) is 5.70 Å². The van der Waals surface area contributed by atoms with Crippen molar-refractivity contribution in [2.24, 2.45) is 0 Å². The van der Waals surface area contributed by atoms with Gasteiger partial charge in [0.25, 0.3) is 5.91 Å². The highest BCUT2D eigenvalue weighted by molar-refractivity contribution is 5.97. The molecule has 0 N–H and O–H groups in total. The lowest BCUT2D eigenvalue weighted by Crippen LogP contribution is -2.57. The van der Waals surface area contributed by atoms with E-state index in [2.05, 4.69) is 24.9 Å². The van der Waals surface area contributed by atoms with Crippen LogP contribution in [-0.4, -0.2) is 53.7 Å². The van der Waals surface area contributed by atoms with Gasteiger partial charge in [-0.3, -0.25) is 14.3 Å². The maximum atomic E-state index is 12.8. The zero-order valence-corrected chi connectivity index (χ0v) is 14.2. The molecule has 3 heterocycles. The summed E-state index contributed by atoms with van der Waals surface area (Å²) in [6.07, 6.45) is 6.50. The Kier molecular flexibility index (Phi) is 4.08. The van der Waals surface area contributed by atoms with Crippen LogP contribution in [0.1, 0.15) is 29.9 Å². The van der Waals surface area contributed by atoms with Crippen LogP contribution >= 0.6 is 0 Å². The van der Waals surface area contributed by atoms with Crippen molar-refractivity contribution in [1.82, 2.24) is 9.88 Å². The molecule has 0 fully saturated rings. The SMILES string of the molecule is CC[N+]1(CC)C2=C(C=CC1OC)N(C)C(=O)c1cccnc1C2. The van der Waals surface area contributed by atoms with Crippen molar-refractivity contribution in [2.45, 2.75) is 26.5 Å². The highest BCUT2D eigenvalue weighted by Gasteiger charge is 2.44. The fourth-order valence-corrected chi connectivity index (χ4v) is 3.84. The van der Waals surface area contributed by atoms with Crippen LogP contribution in [0.25, 0.3) is 0 Å². The summed E-state index contributed by atoms with van der Waals surface area (Å²) in [6, 6.07) is 3.69. The molecule has 1 unspecified atom stereocenters. The number of amides is 1. The third-order valence-corrected chi connectivity index (χ3v) is 5.23. The van der Waals surface area contributed by atoms with E-state index in [-0.39, 0.29) is 12.1 Å². The van der Waals surface area contributed by atoms with Crippen molar-refractivity contribution in [3.8, 4) is 0 Å². The van der Waals surface area contributed by atoms with E-state index in [4.69, 9.17) is 4.74 Å². The number of rotatable bonds is 3. The average molecular weight is 314 g/mol. The molecular formula is C18H24N3O2+. The molecule has 0 spiro atoms. The summed E-state index contributed by atoms with van der Waals surface area (Å²) < 4.78 is 6.46. The van der Waals surface area contributed by atoms with Gasteiger partial charge >= 0.3 is 0 Å². The second-order valence-electron chi connectivity index (χ2n) is 6.02. The van der Waals surface area contributed by atoms with Crippen molar-refractivity contribution in [1.29, 1.82) is 0 Å². The number of quaternary nitrogens is 1. The van der Waals surface area contributed by atoms with Crippen LogP contribution in [-0.2, 0) is 11.2 Å². The number of allylic oxidation sites excluding steroid dienone is 2. The van der Waals surface area contributed by atoms with Gasteiger partial charge in [0.05, 0.1) is 30.8 Å². The smallest absolute Gasteiger partial charge is 0.260 e. The monoisotopic (exact) mass is 314 g/mol. The molecule has 5 heteroatoms. The van der Waals surface area contributed by atoms with Gasteiger partial charge in [0.2, 0.25) is 6.23 Å². The number of hydrogen-bond acceptors (Lipinski definition) is 3. The predicted octanol–water partition coefficient (Wildman–Crippen LogP) is 2.32. The molecule has 122 valence electrons. The normalized spacial score (nSPS) is 22.7. The van der Waals surface area contributed by atoms with E-state index >= 15 is 0 Å². The van der Waals surface area contributed by atoms with Gasteiger partial charge in [0.15, 0.2) is 0 Å². The Labute approximate surface area is 137 Å². The molecule has 0 saturated heterocycles. The number of aromatic nitrogens is 1. The Morgan fingerprint density at radius 2 is 2.13 bits per heavy atom. The molecule has 2 aliphatic heterocycles. The maximum absolute atomic E-state index is 12.8. The van der Waals surface area contributed by atoms with Crippen molar-refractivity contribution in [3.05, 3.63) is 53.1 Å². The minimum Gasteiger partial charge on any atom is -0.329 e. The number of fused-ring (bicyclic) bond motifs is 1. The van der Waals surface area contributed by atoms with E-state index in [1.54, 1.807) is 18.2 Å². The molecule has 1 amide bonds. The van der Waals surface area contributed by atoms with E-state index in [0.717, 1.165) is 24.5 Å². The number of likely N-dealkylation sites (N-methyl/N-ethyl adjacent to an activating group) is 2. The van der Waals surface area contributed by atoms with Crippen LogP contribution in [0.3, 0.4) is 0 Å². The molecule has 0 saturated carbocycles. The topological polar surface area (TPSA) is 42.4 Å². The van der Waals surface area contributed by atoms with Gasteiger partial charge in [-0.2, -0.15) is 0 Å². The Morgan fingerprint density at radius 1 is 1.39 bits per heavy atom. The van der Waals surface area contributed by atoms with Crippen molar-refractivity contribution >= 4 is 5.91 Å². The number of pyridine rings is 1. The third-order valence-electron chi connectivity index (χ3n) is 5.23. The quantitative estimate of drug-likeness (QED) is 0.804. The molecule has 5 nitrogen and oxygen atoms in total. The minimum atomic E-state index is -0.0301. The molecule has 1 aromatic rings. The standard InChI is InChI=1S/C18H24N3O2/c1-5-21(6-2)16-12-14-13(8-7-11-19-14)18(22)20(3)15(16)9-10-17(21)23-4/h7-11,17H,5-6,12H2,1-4H3/q+1. The predicted molar refractivity (Wildman–Crippen MR) is 88.3 cm³/mol. The summed E-state index contributed by atoms with van der Waals surface area (Å²) in [4.78, 5) is 19.0. The molecule has 0 bridgehead atoms. The summed E-state index contributed by atoms with van der Waals surface area (Å²) >= 11 is 0. The molecule has 0 radical (unpaired) electrons. The molecule has 23 heavy (non-hydrogen) atoms. The van der Waals surface area contributed by atoms with Crippen molar-refractivity contribution in [3.63, 3.8) is 0 Å². The average Bonchev–Trinajstić information content (AvgIpc) is 2.70. The Bertz CT molecular complexity index is 689. The van der Waals surface area contributed by atoms with Gasteiger partial charge < -0.3 is 9.64 Å². The van der Waals surface area contributed by atoms with Crippen LogP contribution in [0.2, 0.25) is 0 Å². The first-order valence-corrected chi connectivity index (χ1v) is 8.12. The van der Waals surface area contributed by atoms with Gasteiger partial charge in [-0.25, -0.2) is 0 Å². The molecule has 3 rings (SSSR count). The second kappa shape index (κ2) is 5.91. The van der Waals surface area contributed by atoms with Crippen molar-refractivity contribution < 1.29 is 14.0 Å². The summed E-state index contributed by atoms with van der Waals surface area (Å²) in [6.45, 7) is 6.15. The number of carbonyl (C=O) groups is 1. The van der Waals surface area contributed by atoms with Crippen LogP contribution < -0.4 is 0 Å². The zero-order chi connectivity index (χ0) is 16.6. The molecule has 1 atom stereocenters. The zero-order valence-electron chi connectivity index (χ0n) is 14.2. The highest BCUT2D eigenvalue weighted by Crippen LogP contribution is 2.37.